The molecule has 76 valence electrons. The molecule has 0 unspecified atom stereocenters. The summed E-state index contributed by atoms with van der Waals surface area (Å²) in [4.78, 5) is 11.9. The number of aryl methyl sites for hydroxylation is 1. The lowest BCUT2D eigenvalue weighted by Crippen LogP contribution is -2.01. The maximum Gasteiger partial charge on any atom is 0.196 e. The first-order valence-corrected chi connectivity index (χ1v) is 4.53. The second-order valence-electron chi connectivity index (χ2n) is 3.23. The van der Waals surface area contributed by atoms with Gasteiger partial charge in [-0.1, -0.05) is 12.1 Å². The van der Waals surface area contributed by atoms with Crippen LogP contribution in [0.2, 0.25) is 0 Å². The van der Waals surface area contributed by atoms with Crippen LogP contribution in [0.4, 0.5) is 4.39 Å². The third-order valence-corrected chi connectivity index (χ3v) is 2.19. The van der Waals surface area contributed by atoms with Gasteiger partial charge in [-0.3, -0.25) is 4.79 Å². The topological polar surface area (TPSA) is 30.2 Å². The van der Waals surface area contributed by atoms with Gasteiger partial charge in [0.15, 0.2) is 5.78 Å². The fourth-order valence-corrected chi connectivity index (χ4v) is 1.41. The molecule has 0 bridgehead atoms. The monoisotopic (exact) mass is 204 g/mol. The molecule has 1 heterocycles. The number of ketones is 1. The largest absolute Gasteiger partial charge is 0.469 e. The minimum absolute atomic E-state index is 0.222. The highest BCUT2D eigenvalue weighted by Gasteiger charge is 2.13. The molecule has 2 nitrogen and oxygen atoms in total. The Labute approximate surface area is 86.3 Å². The summed E-state index contributed by atoms with van der Waals surface area (Å²) in [6.07, 6.45) is 1.45. The van der Waals surface area contributed by atoms with Gasteiger partial charge in [0.05, 0.1) is 11.8 Å². The van der Waals surface area contributed by atoms with Crippen molar-refractivity contribution in [2.75, 3.05) is 0 Å². The van der Waals surface area contributed by atoms with Crippen molar-refractivity contribution in [1.29, 1.82) is 0 Å². The quantitative estimate of drug-likeness (QED) is 0.704. The fourth-order valence-electron chi connectivity index (χ4n) is 1.41. The number of hydrogen-bond donors (Lipinski definition) is 0. The molecule has 0 aliphatic heterocycles. The summed E-state index contributed by atoms with van der Waals surface area (Å²) >= 11 is 0. The smallest absolute Gasteiger partial charge is 0.196 e. The minimum Gasteiger partial charge on any atom is -0.469 e. The maximum atomic E-state index is 12.9. The Hall–Kier alpha value is -1.90. The molecule has 2 aromatic rings. The van der Waals surface area contributed by atoms with Crippen LogP contribution in [0.5, 0.6) is 0 Å². The van der Waals surface area contributed by atoms with Crippen molar-refractivity contribution in [1.82, 2.24) is 0 Å². The predicted octanol–water partition coefficient (Wildman–Crippen LogP) is 2.96. The Morgan fingerprint density at radius 1 is 1.33 bits per heavy atom. The molecule has 2 rings (SSSR count). The second kappa shape index (κ2) is 3.69. The van der Waals surface area contributed by atoms with Gasteiger partial charge in [0.25, 0.3) is 0 Å². The van der Waals surface area contributed by atoms with E-state index < -0.39 is 5.82 Å². The summed E-state index contributed by atoms with van der Waals surface area (Å²) < 4.78 is 17.9. The zero-order chi connectivity index (χ0) is 10.8. The van der Waals surface area contributed by atoms with E-state index in [0.717, 1.165) is 0 Å². The lowest BCUT2D eigenvalue weighted by atomic mass is 10.0. The van der Waals surface area contributed by atoms with E-state index >= 15 is 0 Å². The second-order valence-corrected chi connectivity index (χ2v) is 3.23. The molecule has 0 saturated carbocycles. The molecule has 0 radical (unpaired) electrons. The normalized spacial score (nSPS) is 10.3. The molecule has 0 aliphatic carbocycles. The SMILES string of the molecule is Cc1occc1C(=O)c1cccc(F)c1. The van der Waals surface area contributed by atoms with Crippen LogP contribution in [0.1, 0.15) is 21.7 Å². The van der Waals surface area contributed by atoms with Gasteiger partial charge in [0.1, 0.15) is 11.6 Å². The van der Waals surface area contributed by atoms with Crippen LogP contribution in [0.25, 0.3) is 0 Å². The molecule has 0 fully saturated rings. The summed E-state index contributed by atoms with van der Waals surface area (Å²) in [5.41, 5.74) is 0.806. The van der Waals surface area contributed by atoms with Crippen LogP contribution >= 0.6 is 0 Å². The van der Waals surface area contributed by atoms with Crippen LogP contribution in [0.15, 0.2) is 41.0 Å². The van der Waals surface area contributed by atoms with Crippen LogP contribution in [0.3, 0.4) is 0 Å². The van der Waals surface area contributed by atoms with Crippen molar-refractivity contribution in [2.24, 2.45) is 0 Å². The van der Waals surface area contributed by atoms with Crippen molar-refractivity contribution in [2.45, 2.75) is 6.92 Å². The molecule has 1 aromatic heterocycles. The maximum absolute atomic E-state index is 12.9. The highest BCUT2D eigenvalue weighted by atomic mass is 19.1. The molecule has 3 heteroatoms. The third kappa shape index (κ3) is 1.81. The van der Waals surface area contributed by atoms with Gasteiger partial charge in [-0.05, 0) is 25.1 Å². The average Bonchev–Trinajstić information content (AvgIpc) is 2.63. The highest BCUT2D eigenvalue weighted by Crippen LogP contribution is 2.15. The van der Waals surface area contributed by atoms with Gasteiger partial charge in [-0.15, -0.1) is 0 Å². The summed E-state index contributed by atoms with van der Waals surface area (Å²) in [5.74, 6) is -0.0907. The number of furan rings is 1. The zero-order valence-electron chi connectivity index (χ0n) is 8.16. The van der Waals surface area contributed by atoms with Crippen molar-refractivity contribution in [3.8, 4) is 0 Å². The van der Waals surface area contributed by atoms with E-state index in [2.05, 4.69) is 0 Å². The molecule has 0 amide bonds. The van der Waals surface area contributed by atoms with Crippen molar-refractivity contribution < 1.29 is 13.6 Å². The van der Waals surface area contributed by atoms with Crippen molar-refractivity contribution in [3.05, 3.63) is 59.3 Å². The minimum atomic E-state index is -0.415. The average molecular weight is 204 g/mol. The summed E-state index contributed by atoms with van der Waals surface area (Å²) in [6.45, 7) is 1.70. The van der Waals surface area contributed by atoms with Crippen LogP contribution in [0, 0.1) is 12.7 Å². The van der Waals surface area contributed by atoms with Gasteiger partial charge in [-0.25, -0.2) is 4.39 Å². The first kappa shape index (κ1) is 9.65. The van der Waals surface area contributed by atoms with Crippen molar-refractivity contribution in [3.63, 3.8) is 0 Å². The molecule has 0 atom stereocenters. The lowest BCUT2D eigenvalue weighted by molar-refractivity contribution is 0.103. The Morgan fingerprint density at radius 2 is 2.13 bits per heavy atom. The zero-order valence-corrected chi connectivity index (χ0v) is 8.16. The number of carbonyl (C=O) groups excluding carboxylic acids is 1. The molecule has 1 aromatic carbocycles. The lowest BCUT2D eigenvalue weighted by Gasteiger charge is -1.99. The van der Waals surface area contributed by atoms with E-state index in [1.807, 2.05) is 0 Å². The predicted molar refractivity (Wildman–Crippen MR) is 53.3 cm³/mol. The summed E-state index contributed by atoms with van der Waals surface area (Å²) in [7, 11) is 0. The van der Waals surface area contributed by atoms with Gasteiger partial charge < -0.3 is 4.42 Å². The third-order valence-electron chi connectivity index (χ3n) is 2.19. The van der Waals surface area contributed by atoms with E-state index in [9.17, 15) is 9.18 Å². The first-order chi connectivity index (χ1) is 7.18. The standard InChI is InChI=1S/C12H9FO2/c1-8-11(5-6-15-8)12(14)9-3-2-4-10(13)7-9/h2-7H,1H3. The van der Waals surface area contributed by atoms with Crippen LogP contribution < -0.4 is 0 Å². The van der Waals surface area contributed by atoms with Gasteiger partial charge in [0, 0.05) is 5.56 Å². The number of hydrogen-bond acceptors (Lipinski definition) is 2. The van der Waals surface area contributed by atoms with E-state index in [1.54, 1.807) is 19.1 Å². The van der Waals surface area contributed by atoms with E-state index in [-0.39, 0.29) is 5.78 Å². The number of benzene rings is 1. The van der Waals surface area contributed by atoms with Gasteiger partial charge >= 0.3 is 0 Å². The molecular formula is C12H9FO2. The number of rotatable bonds is 2. The van der Waals surface area contributed by atoms with Crippen LogP contribution in [-0.4, -0.2) is 5.78 Å². The Kier molecular flexibility index (Phi) is 2.37. The van der Waals surface area contributed by atoms with Crippen molar-refractivity contribution >= 4 is 5.78 Å². The Bertz CT molecular complexity index is 500. The fraction of sp³-hybridized carbons (Fsp3) is 0.0833. The van der Waals surface area contributed by atoms with Gasteiger partial charge in [0.2, 0.25) is 0 Å². The molecule has 0 N–H and O–H groups in total. The van der Waals surface area contributed by atoms with Crippen LogP contribution in [-0.2, 0) is 0 Å². The Morgan fingerprint density at radius 3 is 2.73 bits per heavy atom. The summed E-state index contributed by atoms with van der Waals surface area (Å²) in [6, 6.07) is 7.20. The first-order valence-electron chi connectivity index (χ1n) is 4.53. The summed E-state index contributed by atoms with van der Waals surface area (Å²) in [5, 5.41) is 0. The Balaban J connectivity index is 2.41. The molecule has 0 spiro atoms. The highest BCUT2D eigenvalue weighted by molar-refractivity contribution is 6.09. The molecule has 0 saturated heterocycles. The molecule has 15 heavy (non-hydrogen) atoms. The molecule has 0 aliphatic rings. The number of halogens is 1. The number of carbonyl (C=O) groups is 1. The van der Waals surface area contributed by atoms with Gasteiger partial charge in [-0.2, -0.15) is 0 Å². The van der Waals surface area contributed by atoms with E-state index in [4.69, 9.17) is 4.42 Å². The van der Waals surface area contributed by atoms with E-state index in [0.29, 0.717) is 16.9 Å². The molecular weight excluding hydrogens is 195 g/mol. The van der Waals surface area contributed by atoms with E-state index in [1.165, 1.54) is 24.5 Å².